The van der Waals surface area contributed by atoms with Gasteiger partial charge in [-0.3, -0.25) is 4.79 Å². The summed E-state index contributed by atoms with van der Waals surface area (Å²) >= 11 is 5.08. The molecule has 1 aliphatic rings. The van der Waals surface area contributed by atoms with Gasteiger partial charge in [0.15, 0.2) is 0 Å². The molecule has 1 N–H and O–H groups in total. The van der Waals surface area contributed by atoms with Crippen molar-refractivity contribution in [1.82, 2.24) is 0 Å². The van der Waals surface area contributed by atoms with Crippen LogP contribution in [0.2, 0.25) is 0 Å². The second-order valence-corrected chi connectivity index (χ2v) is 11.0. The predicted molar refractivity (Wildman–Crippen MR) is 146 cm³/mol. The summed E-state index contributed by atoms with van der Waals surface area (Å²) in [5.74, 6) is 0.598. The van der Waals surface area contributed by atoms with Crippen LogP contribution in [-0.2, 0) is 19.4 Å². The summed E-state index contributed by atoms with van der Waals surface area (Å²) in [7, 11) is 0. The minimum Gasteiger partial charge on any atom is -0.488 e. The molecule has 0 saturated carbocycles. The summed E-state index contributed by atoms with van der Waals surface area (Å²) in [5, 5.41) is 13.7. The second kappa shape index (κ2) is 12.9. The number of benzene rings is 2. The summed E-state index contributed by atoms with van der Waals surface area (Å²) in [5.41, 5.74) is 3.37. The zero-order chi connectivity index (χ0) is 24.5. The molecule has 3 aromatic rings. The van der Waals surface area contributed by atoms with Gasteiger partial charge in [-0.1, -0.05) is 62.8 Å². The lowest BCUT2D eigenvalue weighted by Gasteiger charge is -2.09. The number of aryl methyl sites for hydroxylation is 1. The highest BCUT2D eigenvalue weighted by atomic mass is 79.9. The number of carbonyl (C=O) groups is 1. The number of para-hydroxylation sites is 1. The Morgan fingerprint density at radius 2 is 1.60 bits per heavy atom. The molecule has 0 bridgehead atoms. The Bertz CT molecular complexity index is 1180. The van der Waals surface area contributed by atoms with Gasteiger partial charge in [0, 0.05) is 10.4 Å². The average Bonchev–Trinajstić information content (AvgIpc) is 3.19. The van der Waals surface area contributed by atoms with Gasteiger partial charge in [0.05, 0.1) is 10.0 Å². The summed E-state index contributed by atoms with van der Waals surface area (Å²) < 4.78 is 6.78. The lowest BCUT2D eigenvalue weighted by atomic mass is 9.98. The van der Waals surface area contributed by atoms with Crippen LogP contribution < -0.4 is 10.1 Å². The minimum atomic E-state index is -0.183. The Kier molecular flexibility index (Phi) is 9.39. The molecule has 0 radical (unpaired) electrons. The minimum absolute atomic E-state index is 0.183. The molecule has 0 aliphatic heterocycles. The fraction of sp³-hybridized carbons (Fsp3) is 0.379. The molecule has 4 nitrogen and oxygen atoms in total. The first kappa shape index (κ1) is 25.5. The molecule has 1 amide bonds. The van der Waals surface area contributed by atoms with Crippen LogP contribution in [-0.4, -0.2) is 5.91 Å². The monoisotopic (exact) mass is 550 g/mol. The number of hydrogen-bond donors (Lipinski definition) is 1. The molecule has 0 saturated heterocycles. The molecule has 0 unspecified atom stereocenters. The molecule has 1 heterocycles. The lowest BCUT2D eigenvalue weighted by Crippen LogP contribution is -2.12. The number of amides is 1. The molecule has 4 rings (SSSR count). The number of rotatable bonds is 5. The van der Waals surface area contributed by atoms with Crippen LogP contribution in [0.15, 0.2) is 53.0 Å². The van der Waals surface area contributed by atoms with Crippen LogP contribution in [0.4, 0.5) is 5.00 Å². The summed E-state index contributed by atoms with van der Waals surface area (Å²) in [6.45, 7) is 0.417. The fourth-order valence-corrected chi connectivity index (χ4v) is 6.12. The van der Waals surface area contributed by atoms with E-state index in [1.807, 2.05) is 48.5 Å². The van der Waals surface area contributed by atoms with Crippen molar-refractivity contribution in [1.29, 1.82) is 5.26 Å². The quantitative estimate of drug-likeness (QED) is 0.346. The van der Waals surface area contributed by atoms with E-state index in [2.05, 4.69) is 27.3 Å². The van der Waals surface area contributed by atoms with Gasteiger partial charge in [0.2, 0.25) is 0 Å². The Balaban J connectivity index is 1.43. The lowest BCUT2D eigenvalue weighted by molar-refractivity contribution is 0.102. The molecule has 0 fully saturated rings. The van der Waals surface area contributed by atoms with Crippen LogP contribution >= 0.6 is 27.3 Å². The van der Waals surface area contributed by atoms with Gasteiger partial charge >= 0.3 is 0 Å². The number of carbonyl (C=O) groups excluding carboxylic acids is 1. The van der Waals surface area contributed by atoms with E-state index in [1.54, 1.807) is 11.3 Å². The van der Waals surface area contributed by atoms with E-state index in [-0.39, 0.29) is 5.91 Å². The van der Waals surface area contributed by atoms with Crippen molar-refractivity contribution >= 4 is 38.2 Å². The van der Waals surface area contributed by atoms with Crippen molar-refractivity contribution in [2.45, 2.75) is 70.8 Å². The van der Waals surface area contributed by atoms with Crippen LogP contribution in [0, 0.1) is 11.3 Å². The van der Waals surface area contributed by atoms with E-state index in [9.17, 15) is 10.1 Å². The molecule has 2 aromatic carbocycles. The van der Waals surface area contributed by atoms with Gasteiger partial charge in [-0.2, -0.15) is 5.26 Å². The summed E-state index contributed by atoms with van der Waals surface area (Å²) in [6.07, 6.45) is 11.8. The Morgan fingerprint density at radius 1 is 0.943 bits per heavy atom. The van der Waals surface area contributed by atoms with Gasteiger partial charge in [0.1, 0.15) is 23.4 Å². The van der Waals surface area contributed by atoms with E-state index in [0.29, 0.717) is 22.7 Å². The van der Waals surface area contributed by atoms with Crippen LogP contribution in [0.1, 0.15) is 83.3 Å². The van der Waals surface area contributed by atoms with Crippen molar-refractivity contribution in [3.05, 3.63) is 80.1 Å². The molecule has 0 atom stereocenters. The number of fused-ring (bicyclic) bond motifs is 1. The molecule has 1 aromatic heterocycles. The number of thiophene rings is 1. The van der Waals surface area contributed by atoms with E-state index >= 15 is 0 Å². The zero-order valence-electron chi connectivity index (χ0n) is 19.9. The first-order valence-corrected chi connectivity index (χ1v) is 14.1. The zero-order valence-corrected chi connectivity index (χ0v) is 22.3. The van der Waals surface area contributed by atoms with Crippen molar-refractivity contribution in [3.8, 4) is 11.8 Å². The third-order valence-corrected chi connectivity index (χ3v) is 8.32. The highest BCUT2D eigenvalue weighted by Gasteiger charge is 2.20. The fourth-order valence-electron chi connectivity index (χ4n) is 4.48. The maximum Gasteiger partial charge on any atom is 0.256 e. The predicted octanol–water partition coefficient (Wildman–Crippen LogP) is 8.43. The first-order valence-electron chi connectivity index (χ1n) is 12.5. The highest BCUT2D eigenvalue weighted by molar-refractivity contribution is 9.10. The van der Waals surface area contributed by atoms with Gasteiger partial charge in [0.25, 0.3) is 5.91 Å². The van der Waals surface area contributed by atoms with Crippen LogP contribution in [0.5, 0.6) is 5.75 Å². The van der Waals surface area contributed by atoms with Gasteiger partial charge in [-0.25, -0.2) is 0 Å². The smallest absolute Gasteiger partial charge is 0.256 e. The molecular weight excluding hydrogens is 520 g/mol. The standard InChI is InChI=1S/C29H31BrN2O2S/c30-25-12-9-10-13-26(25)34-20-21-15-17-22(18-16-21)28(33)32-29-24(19-31)23-11-7-5-3-1-2-4-6-8-14-27(23)35-29/h9-10,12-13,15-18H,1-8,11,14,20H2,(H,32,33). The van der Waals surface area contributed by atoms with Crippen molar-refractivity contribution in [2.75, 3.05) is 5.32 Å². The molecule has 1 aliphatic carbocycles. The number of nitrogens with one attached hydrogen (secondary N) is 1. The average molecular weight is 552 g/mol. The van der Waals surface area contributed by atoms with E-state index < -0.39 is 0 Å². The summed E-state index contributed by atoms with van der Waals surface area (Å²) in [6, 6.07) is 17.6. The maximum atomic E-state index is 13.0. The molecule has 35 heavy (non-hydrogen) atoms. The van der Waals surface area contributed by atoms with Crippen molar-refractivity contribution in [2.24, 2.45) is 0 Å². The Labute approximate surface area is 220 Å². The van der Waals surface area contributed by atoms with E-state index in [1.165, 1.54) is 43.4 Å². The van der Waals surface area contributed by atoms with E-state index in [4.69, 9.17) is 4.74 Å². The van der Waals surface area contributed by atoms with Crippen molar-refractivity contribution < 1.29 is 9.53 Å². The van der Waals surface area contributed by atoms with Gasteiger partial charge in [-0.05, 0) is 77.0 Å². The first-order chi connectivity index (χ1) is 17.2. The van der Waals surface area contributed by atoms with Gasteiger partial charge < -0.3 is 10.1 Å². The van der Waals surface area contributed by atoms with Gasteiger partial charge in [-0.15, -0.1) is 11.3 Å². The maximum absolute atomic E-state index is 13.0. The molecule has 0 spiro atoms. The van der Waals surface area contributed by atoms with Crippen LogP contribution in [0.25, 0.3) is 0 Å². The van der Waals surface area contributed by atoms with E-state index in [0.717, 1.165) is 47.0 Å². The SMILES string of the molecule is N#Cc1c(NC(=O)c2ccc(COc3ccccc3Br)cc2)sc2c1CCCCCCCCCC2. The number of nitrogens with zero attached hydrogens (tertiary/aromatic N) is 1. The normalized spacial score (nSPS) is 14.6. The summed E-state index contributed by atoms with van der Waals surface area (Å²) in [4.78, 5) is 14.3. The number of nitriles is 1. The Hall–Kier alpha value is -2.62. The second-order valence-electron chi connectivity index (χ2n) is 9.02. The molecule has 6 heteroatoms. The number of anilines is 1. The highest BCUT2D eigenvalue weighted by Crippen LogP contribution is 2.36. The third kappa shape index (κ3) is 6.96. The number of ether oxygens (including phenoxy) is 1. The third-order valence-electron chi connectivity index (χ3n) is 6.46. The Morgan fingerprint density at radius 3 is 2.29 bits per heavy atom. The molecule has 182 valence electrons. The molecular formula is C29H31BrN2O2S. The number of hydrogen-bond acceptors (Lipinski definition) is 4. The number of halogens is 1. The largest absolute Gasteiger partial charge is 0.488 e. The topological polar surface area (TPSA) is 62.1 Å². The van der Waals surface area contributed by atoms with Crippen LogP contribution in [0.3, 0.4) is 0 Å². The van der Waals surface area contributed by atoms with Crippen molar-refractivity contribution in [3.63, 3.8) is 0 Å².